The van der Waals surface area contributed by atoms with Crippen LogP contribution in [0.3, 0.4) is 0 Å². The highest BCUT2D eigenvalue weighted by molar-refractivity contribution is 5.78. The number of rotatable bonds is 3. The van der Waals surface area contributed by atoms with Gasteiger partial charge in [-0.15, -0.1) is 0 Å². The first-order valence-electron chi connectivity index (χ1n) is 5.55. The molecule has 0 radical (unpaired) electrons. The number of benzene rings is 2. The van der Waals surface area contributed by atoms with Crippen LogP contribution in [0.25, 0.3) is 0 Å². The molecule has 6 heteroatoms. The molecule has 0 aromatic heterocycles. The Kier molecular flexibility index (Phi) is 3.33. The highest BCUT2D eigenvalue weighted by Gasteiger charge is 2.17. The molecule has 0 heterocycles. The molecule has 0 bridgehead atoms. The molecule has 0 aliphatic heterocycles. The molecule has 0 aliphatic rings. The Morgan fingerprint density at radius 3 is 2.68 bits per heavy atom. The molecular formula is C13H12FN3O2. The van der Waals surface area contributed by atoms with Crippen molar-refractivity contribution in [3.63, 3.8) is 0 Å². The molecule has 0 atom stereocenters. The molecule has 2 aromatic rings. The predicted octanol–water partition coefficient (Wildman–Crippen LogP) is 3.37. The third-order valence-electron chi connectivity index (χ3n) is 2.69. The maximum atomic E-state index is 13.2. The summed E-state index contributed by atoms with van der Waals surface area (Å²) in [6.07, 6.45) is 0. The molecule has 19 heavy (non-hydrogen) atoms. The van der Waals surface area contributed by atoms with E-state index >= 15 is 0 Å². The monoisotopic (exact) mass is 261 g/mol. The fourth-order valence-electron chi connectivity index (χ4n) is 1.74. The van der Waals surface area contributed by atoms with Gasteiger partial charge in [0.05, 0.1) is 4.92 Å². The number of nitro groups is 1. The highest BCUT2D eigenvalue weighted by Crippen LogP contribution is 2.32. The van der Waals surface area contributed by atoms with E-state index in [1.165, 1.54) is 18.2 Å². The lowest BCUT2D eigenvalue weighted by atomic mass is 10.2. The van der Waals surface area contributed by atoms with Gasteiger partial charge in [0.25, 0.3) is 0 Å². The minimum absolute atomic E-state index is 0.0776. The van der Waals surface area contributed by atoms with E-state index in [0.29, 0.717) is 11.3 Å². The van der Waals surface area contributed by atoms with E-state index in [0.717, 1.165) is 0 Å². The number of hydrogen-bond acceptors (Lipinski definition) is 4. The van der Waals surface area contributed by atoms with Crippen LogP contribution < -0.4 is 11.1 Å². The van der Waals surface area contributed by atoms with Crippen molar-refractivity contribution in [1.29, 1.82) is 0 Å². The molecule has 2 aromatic carbocycles. The van der Waals surface area contributed by atoms with Gasteiger partial charge in [-0.25, -0.2) is 4.39 Å². The molecule has 98 valence electrons. The van der Waals surface area contributed by atoms with Crippen molar-refractivity contribution in [3.8, 4) is 0 Å². The number of nitrogens with one attached hydrogen (secondary N) is 1. The smallest absolute Gasteiger partial charge is 0.315 e. The summed E-state index contributed by atoms with van der Waals surface area (Å²) in [5.74, 6) is -0.326. The zero-order chi connectivity index (χ0) is 14.0. The summed E-state index contributed by atoms with van der Waals surface area (Å²) in [6.45, 7) is 1.62. The summed E-state index contributed by atoms with van der Waals surface area (Å²) < 4.78 is 13.2. The van der Waals surface area contributed by atoms with Crippen molar-refractivity contribution in [1.82, 2.24) is 0 Å². The summed E-state index contributed by atoms with van der Waals surface area (Å²) in [5.41, 5.74) is 6.77. The van der Waals surface area contributed by atoms with E-state index in [4.69, 9.17) is 5.73 Å². The van der Waals surface area contributed by atoms with Gasteiger partial charge in [-0.3, -0.25) is 10.1 Å². The molecular weight excluding hydrogens is 249 g/mol. The Labute approximate surface area is 109 Å². The number of nitro benzene ring substituents is 1. The van der Waals surface area contributed by atoms with Crippen molar-refractivity contribution in [3.05, 3.63) is 57.9 Å². The molecule has 5 nitrogen and oxygen atoms in total. The van der Waals surface area contributed by atoms with Gasteiger partial charge in [0, 0.05) is 5.69 Å². The van der Waals surface area contributed by atoms with Gasteiger partial charge < -0.3 is 11.1 Å². The predicted molar refractivity (Wildman–Crippen MR) is 71.9 cm³/mol. The van der Waals surface area contributed by atoms with Gasteiger partial charge in [-0.05, 0) is 42.8 Å². The molecule has 0 saturated heterocycles. The lowest BCUT2D eigenvalue weighted by Crippen LogP contribution is -2.01. The number of anilines is 3. The summed E-state index contributed by atoms with van der Waals surface area (Å²) in [6, 6.07) is 9.00. The van der Waals surface area contributed by atoms with Crippen molar-refractivity contribution < 1.29 is 9.31 Å². The highest BCUT2D eigenvalue weighted by atomic mass is 19.1. The Morgan fingerprint density at radius 1 is 1.32 bits per heavy atom. The molecule has 0 fully saturated rings. The fraction of sp³-hybridized carbons (Fsp3) is 0.0769. The lowest BCUT2D eigenvalue weighted by molar-refractivity contribution is -0.383. The van der Waals surface area contributed by atoms with E-state index in [1.54, 1.807) is 25.1 Å². The van der Waals surface area contributed by atoms with E-state index < -0.39 is 4.92 Å². The molecule has 3 N–H and O–H groups in total. The second-order valence-electron chi connectivity index (χ2n) is 4.09. The molecule has 0 aliphatic carbocycles. The van der Waals surface area contributed by atoms with Gasteiger partial charge in [-0.2, -0.15) is 0 Å². The van der Waals surface area contributed by atoms with Crippen molar-refractivity contribution in [2.24, 2.45) is 0 Å². The summed E-state index contributed by atoms with van der Waals surface area (Å²) in [5, 5.41) is 13.9. The lowest BCUT2D eigenvalue weighted by Gasteiger charge is -2.09. The number of para-hydroxylation sites is 1. The standard InChI is InChI=1S/C13H12FN3O2/c1-8-7-9(5-6-10(8)14)16-12-4-2-3-11(15)13(12)17(18)19/h2-7,16H,15H2,1H3. The largest absolute Gasteiger partial charge is 0.393 e. The molecule has 0 saturated carbocycles. The SMILES string of the molecule is Cc1cc(Nc2cccc(N)c2[N+](=O)[O-])ccc1F. The van der Waals surface area contributed by atoms with Crippen LogP contribution in [-0.2, 0) is 0 Å². The zero-order valence-corrected chi connectivity index (χ0v) is 10.2. The number of nitrogens with two attached hydrogens (primary N) is 1. The van der Waals surface area contributed by atoms with Crippen LogP contribution in [0.4, 0.5) is 27.1 Å². The minimum atomic E-state index is -0.548. The Balaban J connectivity index is 2.40. The molecule has 2 rings (SSSR count). The van der Waals surface area contributed by atoms with Crippen LogP contribution in [0.1, 0.15) is 5.56 Å². The average Bonchev–Trinajstić information content (AvgIpc) is 2.33. The molecule has 0 spiro atoms. The number of aryl methyl sites for hydroxylation is 1. The van der Waals surface area contributed by atoms with Crippen LogP contribution in [0, 0.1) is 22.9 Å². The zero-order valence-electron chi connectivity index (χ0n) is 10.2. The topological polar surface area (TPSA) is 81.2 Å². The van der Waals surface area contributed by atoms with E-state index in [9.17, 15) is 14.5 Å². The summed E-state index contributed by atoms with van der Waals surface area (Å²) in [7, 11) is 0. The third-order valence-corrected chi connectivity index (χ3v) is 2.69. The number of nitrogens with zero attached hydrogens (tertiary/aromatic N) is 1. The summed E-state index contributed by atoms with van der Waals surface area (Å²) in [4.78, 5) is 10.4. The second-order valence-corrected chi connectivity index (χ2v) is 4.09. The third kappa shape index (κ3) is 2.62. The number of halogens is 1. The maximum absolute atomic E-state index is 13.2. The number of hydrogen-bond donors (Lipinski definition) is 2. The number of nitrogen functional groups attached to an aromatic ring is 1. The van der Waals surface area contributed by atoms with Gasteiger partial charge in [0.15, 0.2) is 0 Å². The van der Waals surface area contributed by atoms with Crippen LogP contribution in [0.15, 0.2) is 36.4 Å². The first kappa shape index (κ1) is 12.8. The van der Waals surface area contributed by atoms with Gasteiger partial charge in [0.2, 0.25) is 0 Å². The average molecular weight is 261 g/mol. The van der Waals surface area contributed by atoms with Crippen LogP contribution in [-0.4, -0.2) is 4.92 Å². The molecule has 0 amide bonds. The first-order valence-corrected chi connectivity index (χ1v) is 5.55. The van der Waals surface area contributed by atoms with Gasteiger partial charge in [-0.1, -0.05) is 6.07 Å². The van der Waals surface area contributed by atoms with Gasteiger partial charge in [0.1, 0.15) is 17.2 Å². The summed E-state index contributed by atoms with van der Waals surface area (Å²) >= 11 is 0. The van der Waals surface area contributed by atoms with Crippen LogP contribution >= 0.6 is 0 Å². The Bertz CT molecular complexity index is 644. The normalized spacial score (nSPS) is 10.2. The van der Waals surface area contributed by atoms with Gasteiger partial charge >= 0.3 is 5.69 Å². The van der Waals surface area contributed by atoms with E-state index in [-0.39, 0.29) is 22.9 Å². The maximum Gasteiger partial charge on any atom is 0.315 e. The van der Waals surface area contributed by atoms with E-state index in [2.05, 4.69) is 5.32 Å². The Hall–Kier alpha value is -2.63. The van der Waals surface area contributed by atoms with Crippen molar-refractivity contribution in [2.45, 2.75) is 6.92 Å². The van der Waals surface area contributed by atoms with Crippen LogP contribution in [0.2, 0.25) is 0 Å². The first-order chi connectivity index (χ1) is 8.99. The van der Waals surface area contributed by atoms with Crippen LogP contribution in [0.5, 0.6) is 0 Å². The van der Waals surface area contributed by atoms with Crippen molar-refractivity contribution in [2.75, 3.05) is 11.1 Å². The van der Waals surface area contributed by atoms with E-state index in [1.807, 2.05) is 0 Å². The molecule has 0 unspecified atom stereocenters. The minimum Gasteiger partial charge on any atom is -0.393 e. The quantitative estimate of drug-likeness (QED) is 0.504. The fourth-order valence-corrected chi connectivity index (χ4v) is 1.74. The van der Waals surface area contributed by atoms with Crippen molar-refractivity contribution >= 4 is 22.7 Å². The Morgan fingerprint density at radius 2 is 2.05 bits per heavy atom. The second kappa shape index (κ2) is 4.93.